The monoisotopic (exact) mass is 237 g/mol. The minimum atomic E-state index is -0.0402. The maximum Gasteiger partial charge on any atom is 0.176 e. The Morgan fingerprint density at radius 1 is 1.50 bits per heavy atom. The van der Waals surface area contributed by atoms with Gasteiger partial charge in [-0.05, 0) is 30.7 Å². The summed E-state index contributed by atoms with van der Waals surface area (Å²) in [5.74, 6) is 0.693. The zero-order valence-electron chi connectivity index (χ0n) is 9.64. The Balaban J connectivity index is 2.11. The summed E-state index contributed by atoms with van der Waals surface area (Å²) in [5.41, 5.74) is 7.41. The fraction of sp³-hybridized carbons (Fsp3) is 0.500. The fourth-order valence-electron chi connectivity index (χ4n) is 1.49. The average molecular weight is 237 g/mol. The molecule has 0 bridgehead atoms. The van der Waals surface area contributed by atoms with E-state index in [1.54, 1.807) is 18.4 Å². The van der Waals surface area contributed by atoms with Crippen molar-refractivity contribution in [1.82, 2.24) is 20.2 Å². The Bertz CT molecular complexity index is 468. The molecule has 0 fully saturated rings. The Morgan fingerprint density at radius 2 is 2.25 bits per heavy atom. The van der Waals surface area contributed by atoms with Crippen LogP contribution in [-0.4, -0.2) is 20.2 Å². The topological polar surface area (TPSA) is 69.6 Å². The van der Waals surface area contributed by atoms with Gasteiger partial charge in [-0.25, -0.2) is 0 Å². The normalized spacial score (nSPS) is 13.0. The highest BCUT2D eigenvalue weighted by Crippen LogP contribution is 2.26. The van der Waals surface area contributed by atoms with Crippen LogP contribution >= 0.6 is 11.3 Å². The summed E-state index contributed by atoms with van der Waals surface area (Å²) in [4.78, 5) is 3.95. The van der Waals surface area contributed by atoms with Crippen molar-refractivity contribution in [3.63, 3.8) is 0 Å². The lowest BCUT2D eigenvalue weighted by molar-refractivity contribution is 0.623. The predicted octanol–water partition coefficient (Wildman–Crippen LogP) is 1.13. The highest BCUT2D eigenvalue weighted by Gasteiger charge is 2.13. The molecule has 1 unspecified atom stereocenters. The van der Waals surface area contributed by atoms with Gasteiger partial charge >= 0.3 is 0 Å². The van der Waals surface area contributed by atoms with Crippen LogP contribution in [0.1, 0.15) is 27.2 Å². The van der Waals surface area contributed by atoms with Gasteiger partial charge in [-0.15, -0.1) is 21.5 Å². The van der Waals surface area contributed by atoms with E-state index in [0.717, 1.165) is 0 Å². The van der Waals surface area contributed by atoms with Gasteiger partial charge in [0.2, 0.25) is 0 Å². The van der Waals surface area contributed by atoms with E-state index in [9.17, 15) is 0 Å². The van der Waals surface area contributed by atoms with Crippen molar-refractivity contribution < 1.29 is 0 Å². The first kappa shape index (κ1) is 11.2. The summed E-state index contributed by atoms with van der Waals surface area (Å²) in [5, 5.41) is 11.9. The first-order chi connectivity index (χ1) is 7.56. The van der Waals surface area contributed by atoms with Crippen LogP contribution in [0.5, 0.6) is 0 Å². The lowest BCUT2D eigenvalue weighted by atomic mass is 10.1. The highest BCUT2D eigenvalue weighted by molar-refractivity contribution is 7.12. The van der Waals surface area contributed by atoms with E-state index < -0.39 is 0 Å². The maximum atomic E-state index is 6.11. The molecule has 0 aliphatic heterocycles. The van der Waals surface area contributed by atoms with Crippen LogP contribution in [0.25, 0.3) is 0 Å². The van der Waals surface area contributed by atoms with Crippen LogP contribution in [0.2, 0.25) is 0 Å². The fourth-order valence-corrected chi connectivity index (χ4v) is 2.53. The number of aromatic nitrogens is 4. The molecule has 0 aliphatic rings. The van der Waals surface area contributed by atoms with Gasteiger partial charge in [0.05, 0.1) is 7.05 Å². The number of tetrazole rings is 1. The molecule has 2 rings (SSSR count). The number of thiophene rings is 1. The number of hydrogen-bond donors (Lipinski definition) is 1. The quantitative estimate of drug-likeness (QED) is 0.868. The molecule has 0 amide bonds. The van der Waals surface area contributed by atoms with Crippen molar-refractivity contribution in [3.8, 4) is 0 Å². The van der Waals surface area contributed by atoms with Gasteiger partial charge < -0.3 is 5.73 Å². The van der Waals surface area contributed by atoms with Gasteiger partial charge in [-0.2, -0.15) is 4.80 Å². The number of nitrogens with two attached hydrogens (primary N) is 1. The number of aryl methyl sites for hydroxylation is 3. The summed E-state index contributed by atoms with van der Waals surface area (Å²) < 4.78 is 0. The summed E-state index contributed by atoms with van der Waals surface area (Å²) in [6, 6.07) is 2.10. The third-order valence-electron chi connectivity index (χ3n) is 2.50. The SMILES string of the molecule is Cc1cc(C(N)Cc2nnn(C)n2)sc1C. The van der Waals surface area contributed by atoms with Crippen LogP contribution in [-0.2, 0) is 13.5 Å². The third kappa shape index (κ3) is 2.28. The maximum absolute atomic E-state index is 6.11. The third-order valence-corrected chi connectivity index (χ3v) is 3.79. The van der Waals surface area contributed by atoms with E-state index in [0.29, 0.717) is 12.2 Å². The molecule has 2 N–H and O–H groups in total. The molecule has 16 heavy (non-hydrogen) atoms. The van der Waals surface area contributed by atoms with Crippen molar-refractivity contribution in [2.24, 2.45) is 12.8 Å². The van der Waals surface area contributed by atoms with Crippen LogP contribution < -0.4 is 5.73 Å². The highest BCUT2D eigenvalue weighted by atomic mass is 32.1. The molecule has 0 aliphatic carbocycles. The molecule has 6 heteroatoms. The van der Waals surface area contributed by atoms with Gasteiger partial charge in [-0.1, -0.05) is 0 Å². The molecule has 0 spiro atoms. The summed E-state index contributed by atoms with van der Waals surface area (Å²) in [6.07, 6.45) is 0.632. The second kappa shape index (κ2) is 4.31. The number of hydrogen-bond acceptors (Lipinski definition) is 5. The summed E-state index contributed by atoms with van der Waals surface area (Å²) in [7, 11) is 1.75. The Hall–Kier alpha value is -1.27. The summed E-state index contributed by atoms with van der Waals surface area (Å²) >= 11 is 1.74. The van der Waals surface area contributed by atoms with Crippen LogP contribution in [0.3, 0.4) is 0 Å². The van der Waals surface area contributed by atoms with Crippen LogP contribution in [0.15, 0.2) is 6.07 Å². The van der Waals surface area contributed by atoms with Crippen molar-refractivity contribution in [2.75, 3.05) is 0 Å². The van der Waals surface area contributed by atoms with E-state index in [2.05, 4.69) is 35.3 Å². The molecular weight excluding hydrogens is 222 g/mol. The molecule has 0 saturated carbocycles. The van der Waals surface area contributed by atoms with Crippen molar-refractivity contribution in [3.05, 3.63) is 27.2 Å². The van der Waals surface area contributed by atoms with E-state index in [-0.39, 0.29) is 6.04 Å². The second-order valence-electron chi connectivity index (χ2n) is 3.89. The van der Waals surface area contributed by atoms with Gasteiger partial charge in [0, 0.05) is 22.2 Å². The van der Waals surface area contributed by atoms with Crippen LogP contribution in [0, 0.1) is 13.8 Å². The van der Waals surface area contributed by atoms with Gasteiger partial charge in [0.25, 0.3) is 0 Å². The zero-order valence-corrected chi connectivity index (χ0v) is 10.5. The van der Waals surface area contributed by atoms with Gasteiger partial charge in [0.1, 0.15) is 0 Å². The smallest absolute Gasteiger partial charge is 0.176 e. The lowest BCUT2D eigenvalue weighted by Crippen LogP contribution is -2.13. The molecule has 2 heterocycles. The van der Waals surface area contributed by atoms with Gasteiger partial charge in [-0.3, -0.25) is 0 Å². The standard InChI is InChI=1S/C10H15N5S/c1-6-4-9(16-7(6)2)8(11)5-10-12-14-15(3)13-10/h4,8H,5,11H2,1-3H3. The Kier molecular flexibility index (Phi) is 3.02. The van der Waals surface area contributed by atoms with E-state index >= 15 is 0 Å². The van der Waals surface area contributed by atoms with Crippen LogP contribution in [0.4, 0.5) is 0 Å². The van der Waals surface area contributed by atoms with Gasteiger partial charge in [0.15, 0.2) is 5.82 Å². The first-order valence-electron chi connectivity index (χ1n) is 5.11. The van der Waals surface area contributed by atoms with Crippen molar-refractivity contribution >= 4 is 11.3 Å². The molecule has 0 saturated heterocycles. The molecule has 2 aromatic rings. The average Bonchev–Trinajstić information content (AvgIpc) is 2.75. The Morgan fingerprint density at radius 3 is 2.75 bits per heavy atom. The number of rotatable bonds is 3. The minimum absolute atomic E-state index is 0.0402. The zero-order chi connectivity index (χ0) is 11.7. The van der Waals surface area contributed by atoms with E-state index in [1.807, 2.05) is 0 Å². The molecule has 5 nitrogen and oxygen atoms in total. The van der Waals surface area contributed by atoms with E-state index in [4.69, 9.17) is 5.73 Å². The molecule has 0 aromatic carbocycles. The predicted molar refractivity (Wildman–Crippen MR) is 63.2 cm³/mol. The molecule has 0 radical (unpaired) electrons. The molecule has 2 aromatic heterocycles. The van der Waals surface area contributed by atoms with Crippen molar-refractivity contribution in [2.45, 2.75) is 26.3 Å². The largest absolute Gasteiger partial charge is 0.323 e. The first-order valence-corrected chi connectivity index (χ1v) is 5.93. The molecular formula is C10H15N5S. The second-order valence-corrected chi connectivity index (χ2v) is 5.18. The summed E-state index contributed by atoms with van der Waals surface area (Å²) in [6.45, 7) is 4.21. The molecule has 1 atom stereocenters. The minimum Gasteiger partial charge on any atom is -0.323 e. The molecule has 86 valence electrons. The van der Waals surface area contributed by atoms with Crippen molar-refractivity contribution in [1.29, 1.82) is 0 Å². The van der Waals surface area contributed by atoms with E-state index in [1.165, 1.54) is 20.1 Å². The number of nitrogens with zero attached hydrogens (tertiary/aromatic N) is 4. The lowest BCUT2D eigenvalue weighted by Gasteiger charge is -2.05. The Labute approximate surface area is 98.3 Å².